The second-order valence-corrected chi connectivity index (χ2v) is 6.26. The van der Waals surface area contributed by atoms with Crippen molar-refractivity contribution in [2.24, 2.45) is 5.92 Å². The van der Waals surface area contributed by atoms with Gasteiger partial charge in [0.15, 0.2) is 0 Å². The van der Waals surface area contributed by atoms with Crippen molar-refractivity contribution >= 4 is 17.3 Å². The molecule has 1 unspecified atom stereocenters. The lowest BCUT2D eigenvalue weighted by atomic mass is 10.0. The number of benzene rings is 2. The molecule has 2 aromatic carbocycles. The van der Waals surface area contributed by atoms with Gasteiger partial charge in [-0.1, -0.05) is 18.2 Å². The molecule has 5 heteroatoms. The molecular formula is C20H18FN3O. The molecule has 0 amide bonds. The lowest BCUT2D eigenvalue weighted by Gasteiger charge is -2.27. The lowest BCUT2D eigenvalue weighted by molar-refractivity contribution is 0.0833. The molecule has 0 aliphatic carbocycles. The van der Waals surface area contributed by atoms with Crippen molar-refractivity contribution in [3.05, 3.63) is 78.6 Å². The van der Waals surface area contributed by atoms with Crippen molar-refractivity contribution in [2.45, 2.75) is 12.8 Å². The molecule has 126 valence electrons. The van der Waals surface area contributed by atoms with E-state index >= 15 is 0 Å². The number of halogens is 1. The number of rotatable bonds is 2. The molecule has 4 nitrogen and oxygen atoms in total. The van der Waals surface area contributed by atoms with Gasteiger partial charge in [-0.05, 0) is 48.7 Å². The summed E-state index contributed by atoms with van der Waals surface area (Å²) in [6, 6.07) is 14.6. The number of fused-ring (bicyclic) bond motifs is 1. The maximum absolute atomic E-state index is 13.3. The smallest absolute Gasteiger partial charge is 0.236 e. The molecule has 0 N–H and O–H groups in total. The lowest BCUT2D eigenvalue weighted by Crippen LogP contribution is -2.31. The first-order valence-corrected chi connectivity index (χ1v) is 8.35. The van der Waals surface area contributed by atoms with Crippen molar-refractivity contribution in [2.75, 3.05) is 11.4 Å². The van der Waals surface area contributed by atoms with Gasteiger partial charge in [0.05, 0.1) is 5.92 Å². The summed E-state index contributed by atoms with van der Waals surface area (Å²) in [5, 5.41) is 0. The Hall–Kier alpha value is -2.95. The third kappa shape index (κ3) is 3.05. The fraction of sp³-hybridized carbons (Fsp3) is 0.200. The van der Waals surface area contributed by atoms with Crippen LogP contribution in [0.5, 0.6) is 0 Å². The minimum absolute atomic E-state index is 0.0393. The summed E-state index contributed by atoms with van der Waals surface area (Å²) in [4.78, 5) is 18.9. The predicted molar refractivity (Wildman–Crippen MR) is 94.5 cm³/mol. The molecule has 0 saturated heterocycles. The molecule has 2 heterocycles. The number of aryl methyl sites for hydroxylation is 1. The van der Waals surface area contributed by atoms with Gasteiger partial charge in [0.2, 0.25) is 5.91 Å². The van der Waals surface area contributed by atoms with Gasteiger partial charge in [-0.25, -0.2) is 9.37 Å². The zero-order valence-electron chi connectivity index (χ0n) is 13.7. The van der Waals surface area contributed by atoms with Gasteiger partial charge in [-0.3, -0.25) is 9.36 Å². The zero-order valence-corrected chi connectivity index (χ0v) is 13.7. The van der Waals surface area contributed by atoms with Gasteiger partial charge in [-0.2, -0.15) is 0 Å². The van der Waals surface area contributed by atoms with Crippen LogP contribution < -0.4 is 4.90 Å². The Labute approximate surface area is 145 Å². The summed E-state index contributed by atoms with van der Waals surface area (Å²) >= 11 is 0. The van der Waals surface area contributed by atoms with Crippen molar-refractivity contribution in [1.82, 2.24) is 9.55 Å². The Morgan fingerprint density at radius 1 is 1.12 bits per heavy atom. The van der Waals surface area contributed by atoms with E-state index < -0.39 is 0 Å². The highest BCUT2D eigenvalue weighted by Gasteiger charge is 2.28. The van der Waals surface area contributed by atoms with Gasteiger partial charge in [0.25, 0.3) is 0 Å². The molecule has 4 rings (SSSR count). The molecule has 1 atom stereocenters. The van der Waals surface area contributed by atoms with Crippen LogP contribution in [0.1, 0.15) is 16.8 Å². The fourth-order valence-electron chi connectivity index (χ4n) is 3.39. The number of carbonyl (C=O) groups excluding carboxylic acids is 1. The van der Waals surface area contributed by atoms with E-state index in [0.717, 1.165) is 24.2 Å². The minimum atomic E-state index is -0.266. The van der Waals surface area contributed by atoms with Crippen molar-refractivity contribution < 1.29 is 9.18 Å². The standard InChI is InChI=1S/C20H18FN3O/c21-17-7-9-18(10-8-17)24-13-16(20(25)23-12-11-22-14-23)6-5-15-3-1-2-4-19(15)24/h1-4,7-12,14,16H,5-6,13H2. The summed E-state index contributed by atoms with van der Waals surface area (Å²) < 4.78 is 14.9. The van der Waals surface area contributed by atoms with Crippen LogP contribution in [-0.4, -0.2) is 22.0 Å². The summed E-state index contributed by atoms with van der Waals surface area (Å²) in [5.74, 6) is -0.387. The normalized spacial score (nSPS) is 17.0. The van der Waals surface area contributed by atoms with E-state index in [1.165, 1.54) is 17.7 Å². The molecule has 0 saturated carbocycles. The van der Waals surface area contributed by atoms with Crippen molar-refractivity contribution in [3.8, 4) is 0 Å². The number of aromatic nitrogens is 2. The number of para-hydroxylation sites is 1. The van der Waals surface area contributed by atoms with E-state index in [1.807, 2.05) is 12.1 Å². The summed E-state index contributed by atoms with van der Waals surface area (Å²) in [7, 11) is 0. The first kappa shape index (κ1) is 15.6. The molecule has 1 aromatic heterocycles. The van der Waals surface area contributed by atoms with Gasteiger partial charge >= 0.3 is 0 Å². The Bertz CT molecular complexity index is 874. The summed E-state index contributed by atoms with van der Waals surface area (Å²) in [6.07, 6.45) is 6.44. The molecule has 0 radical (unpaired) electrons. The third-order valence-electron chi connectivity index (χ3n) is 4.69. The predicted octanol–water partition coefficient (Wildman–Crippen LogP) is 4.06. The number of carbonyl (C=O) groups is 1. The van der Waals surface area contributed by atoms with Crippen LogP contribution in [0.3, 0.4) is 0 Å². The van der Waals surface area contributed by atoms with Crippen LogP contribution >= 0.6 is 0 Å². The van der Waals surface area contributed by atoms with E-state index in [-0.39, 0.29) is 17.6 Å². The second kappa shape index (κ2) is 6.51. The van der Waals surface area contributed by atoms with Crippen LogP contribution in [0, 0.1) is 11.7 Å². The number of anilines is 2. The molecule has 1 aliphatic rings. The Morgan fingerprint density at radius 3 is 2.68 bits per heavy atom. The highest BCUT2D eigenvalue weighted by atomic mass is 19.1. The van der Waals surface area contributed by atoms with Gasteiger partial charge in [0.1, 0.15) is 12.1 Å². The number of imidazole rings is 1. The topological polar surface area (TPSA) is 38.1 Å². The van der Waals surface area contributed by atoms with Crippen LogP contribution in [0.15, 0.2) is 67.3 Å². The maximum Gasteiger partial charge on any atom is 0.236 e. The van der Waals surface area contributed by atoms with Crippen LogP contribution in [0.25, 0.3) is 0 Å². The van der Waals surface area contributed by atoms with Gasteiger partial charge in [0, 0.05) is 30.3 Å². The molecule has 25 heavy (non-hydrogen) atoms. The Balaban J connectivity index is 1.72. The third-order valence-corrected chi connectivity index (χ3v) is 4.69. The highest BCUT2D eigenvalue weighted by molar-refractivity contribution is 5.83. The minimum Gasteiger partial charge on any atom is -0.340 e. The number of nitrogens with zero attached hydrogens (tertiary/aromatic N) is 3. The van der Waals surface area contributed by atoms with E-state index in [4.69, 9.17) is 0 Å². The van der Waals surface area contributed by atoms with E-state index in [2.05, 4.69) is 22.0 Å². The molecule has 3 aromatic rings. The van der Waals surface area contributed by atoms with Crippen LogP contribution in [0.4, 0.5) is 15.8 Å². The van der Waals surface area contributed by atoms with E-state index in [0.29, 0.717) is 6.54 Å². The Morgan fingerprint density at radius 2 is 1.92 bits per heavy atom. The van der Waals surface area contributed by atoms with Gasteiger partial charge < -0.3 is 4.90 Å². The monoisotopic (exact) mass is 335 g/mol. The fourth-order valence-corrected chi connectivity index (χ4v) is 3.39. The van der Waals surface area contributed by atoms with Crippen LogP contribution in [0.2, 0.25) is 0 Å². The van der Waals surface area contributed by atoms with Crippen molar-refractivity contribution in [3.63, 3.8) is 0 Å². The first-order chi connectivity index (χ1) is 12.2. The van der Waals surface area contributed by atoms with E-state index in [9.17, 15) is 9.18 Å². The highest BCUT2D eigenvalue weighted by Crippen LogP contribution is 2.34. The van der Waals surface area contributed by atoms with E-state index in [1.54, 1.807) is 35.4 Å². The average Bonchev–Trinajstić information content (AvgIpc) is 3.11. The molecule has 0 spiro atoms. The number of hydrogen-bond acceptors (Lipinski definition) is 3. The SMILES string of the molecule is O=C(C1CCc2ccccc2N(c2ccc(F)cc2)C1)n1ccnc1. The maximum atomic E-state index is 13.3. The van der Waals surface area contributed by atoms with Crippen molar-refractivity contribution in [1.29, 1.82) is 0 Å². The summed E-state index contributed by atoms with van der Waals surface area (Å²) in [6.45, 7) is 0.555. The van der Waals surface area contributed by atoms with Crippen LogP contribution in [-0.2, 0) is 6.42 Å². The molecule has 0 fully saturated rings. The summed E-state index contributed by atoms with van der Waals surface area (Å²) in [5.41, 5.74) is 3.17. The zero-order chi connectivity index (χ0) is 17.2. The molecule has 0 bridgehead atoms. The second-order valence-electron chi connectivity index (χ2n) is 6.26. The van der Waals surface area contributed by atoms with Gasteiger partial charge in [-0.15, -0.1) is 0 Å². The molecular weight excluding hydrogens is 317 g/mol. The largest absolute Gasteiger partial charge is 0.340 e. The average molecular weight is 335 g/mol. The molecule has 1 aliphatic heterocycles. The first-order valence-electron chi connectivity index (χ1n) is 8.35. The quantitative estimate of drug-likeness (QED) is 0.709. The number of hydrogen-bond donors (Lipinski definition) is 0. The Kier molecular flexibility index (Phi) is 4.06.